The van der Waals surface area contributed by atoms with Gasteiger partial charge in [0.05, 0.1) is 6.10 Å². The van der Waals surface area contributed by atoms with Crippen LogP contribution >= 0.6 is 0 Å². The van der Waals surface area contributed by atoms with Crippen LogP contribution in [-0.4, -0.2) is 31.8 Å². The molecule has 0 aromatic heterocycles. The zero-order valence-corrected chi connectivity index (χ0v) is 14.4. The first-order chi connectivity index (χ1) is 11.5. The maximum atomic E-state index is 12.0. The van der Waals surface area contributed by atoms with Crippen LogP contribution in [0.15, 0.2) is 48.5 Å². The molecule has 1 atom stereocenters. The summed E-state index contributed by atoms with van der Waals surface area (Å²) in [4.78, 5) is 14.0. The van der Waals surface area contributed by atoms with Gasteiger partial charge in [0.25, 0.3) is 0 Å². The Bertz CT molecular complexity index is 672. The molecule has 0 radical (unpaired) electrons. The average molecular weight is 327 g/mol. The summed E-state index contributed by atoms with van der Waals surface area (Å²) in [6.07, 6.45) is -0.108. The largest absolute Gasteiger partial charge is 0.388 e. The number of amides is 2. The van der Waals surface area contributed by atoms with Gasteiger partial charge in [-0.05, 0) is 42.7 Å². The van der Waals surface area contributed by atoms with Crippen LogP contribution in [0.2, 0.25) is 0 Å². The molecule has 3 N–H and O–H groups in total. The maximum absolute atomic E-state index is 12.0. The van der Waals surface area contributed by atoms with Crippen molar-refractivity contribution in [3.63, 3.8) is 0 Å². The molecule has 0 aliphatic heterocycles. The van der Waals surface area contributed by atoms with E-state index >= 15 is 0 Å². The summed E-state index contributed by atoms with van der Waals surface area (Å²) in [6.45, 7) is 2.36. The summed E-state index contributed by atoms with van der Waals surface area (Å²) in [5, 5.41) is 15.7. The lowest BCUT2D eigenvalue weighted by Crippen LogP contribution is -2.30. The van der Waals surface area contributed by atoms with E-state index in [2.05, 4.69) is 10.6 Å². The van der Waals surface area contributed by atoms with E-state index in [-0.39, 0.29) is 6.03 Å². The molecule has 1 unspecified atom stereocenters. The fourth-order valence-corrected chi connectivity index (χ4v) is 2.40. The predicted octanol–water partition coefficient (Wildman–Crippen LogP) is 3.31. The number of hydrogen-bond acceptors (Lipinski definition) is 3. The van der Waals surface area contributed by atoms with Crippen molar-refractivity contribution in [1.82, 2.24) is 5.32 Å². The van der Waals surface area contributed by atoms with E-state index in [1.165, 1.54) is 0 Å². The molecule has 2 amide bonds. The standard InChI is InChI=1S/C19H25N3O2/c1-14-13-16(22(2)3)9-10-17(14)21-19(24)20-12-11-18(23)15-7-5-4-6-8-15/h4-10,13,18,23H,11-12H2,1-3H3,(H2,20,21,24). The number of benzene rings is 2. The first-order valence-electron chi connectivity index (χ1n) is 8.03. The molecule has 0 heterocycles. The van der Waals surface area contributed by atoms with Gasteiger partial charge in [0.15, 0.2) is 0 Å². The molecule has 24 heavy (non-hydrogen) atoms. The number of hydrogen-bond donors (Lipinski definition) is 3. The highest BCUT2D eigenvalue weighted by Gasteiger charge is 2.09. The second kappa shape index (κ2) is 8.36. The van der Waals surface area contributed by atoms with Gasteiger partial charge in [-0.1, -0.05) is 30.3 Å². The van der Waals surface area contributed by atoms with Gasteiger partial charge < -0.3 is 20.6 Å². The molecule has 0 spiro atoms. The Balaban J connectivity index is 1.81. The van der Waals surface area contributed by atoms with E-state index < -0.39 is 6.10 Å². The van der Waals surface area contributed by atoms with Crippen LogP contribution in [0.1, 0.15) is 23.7 Å². The second-order valence-electron chi connectivity index (χ2n) is 5.99. The minimum atomic E-state index is -0.576. The van der Waals surface area contributed by atoms with Crippen molar-refractivity contribution in [2.24, 2.45) is 0 Å². The van der Waals surface area contributed by atoms with E-state index in [0.717, 1.165) is 22.5 Å². The van der Waals surface area contributed by atoms with Crippen molar-refractivity contribution < 1.29 is 9.90 Å². The first-order valence-corrected chi connectivity index (χ1v) is 8.03. The van der Waals surface area contributed by atoms with Crippen LogP contribution in [-0.2, 0) is 0 Å². The van der Waals surface area contributed by atoms with Crippen LogP contribution in [0, 0.1) is 6.92 Å². The smallest absolute Gasteiger partial charge is 0.319 e. The monoisotopic (exact) mass is 327 g/mol. The van der Waals surface area contributed by atoms with Crippen LogP contribution in [0.25, 0.3) is 0 Å². The van der Waals surface area contributed by atoms with Crippen LogP contribution in [0.4, 0.5) is 16.2 Å². The van der Waals surface area contributed by atoms with E-state index in [4.69, 9.17) is 0 Å². The van der Waals surface area contributed by atoms with Gasteiger partial charge in [-0.15, -0.1) is 0 Å². The molecule has 2 aromatic carbocycles. The highest BCUT2D eigenvalue weighted by atomic mass is 16.3. The minimum absolute atomic E-state index is 0.268. The van der Waals surface area contributed by atoms with Crippen molar-refractivity contribution in [2.75, 3.05) is 30.9 Å². The van der Waals surface area contributed by atoms with E-state index in [1.54, 1.807) is 0 Å². The van der Waals surface area contributed by atoms with Gasteiger partial charge in [-0.25, -0.2) is 4.79 Å². The number of urea groups is 1. The van der Waals surface area contributed by atoms with Gasteiger partial charge in [-0.3, -0.25) is 0 Å². The molecule has 5 nitrogen and oxygen atoms in total. The normalized spacial score (nSPS) is 11.7. The van der Waals surface area contributed by atoms with Crippen molar-refractivity contribution in [3.05, 3.63) is 59.7 Å². The SMILES string of the molecule is Cc1cc(N(C)C)ccc1NC(=O)NCCC(O)c1ccccc1. The van der Waals surface area contributed by atoms with Crippen molar-refractivity contribution in [2.45, 2.75) is 19.4 Å². The second-order valence-corrected chi connectivity index (χ2v) is 5.99. The van der Waals surface area contributed by atoms with Crippen molar-refractivity contribution >= 4 is 17.4 Å². The quantitative estimate of drug-likeness (QED) is 0.763. The molecule has 0 aliphatic rings. The third kappa shape index (κ3) is 4.99. The lowest BCUT2D eigenvalue weighted by atomic mass is 10.1. The van der Waals surface area contributed by atoms with Gasteiger partial charge in [0.1, 0.15) is 0 Å². The number of aliphatic hydroxyl groups excluding tert-OH is 1. The molecule has 128 valence electrons. The Kier molecular flexibility index (Phi) is 6.21. The summed E-state index contributed by atoms with van der Waals surface area (Å²) in [7, 11) is 3.96. The molecule has 2 aromatic rings. The molecule has 0 bridgehead atoms. The van der Waals surface area contributed by atoms with Crippen molar-refractivity contribution in [3.8, 4) is 0 Å². The Morgan fingerprint density at radius 1 is 1.17 bits per heavy atom. The molecule has 0 fully saturated rings. The zero-order valence-electron chi connectivity index (χ0n) is 14.4. The van der Waals surface area contributed by atoms with Gasteiger partial charge in [0.2, 0.25) is 0 Å². The van der Waals surface area contributed by atoms with E-state index in [1.807, 2.05) is 74.4 Å². The molecule has 2 rings (SSSR count). The van der Waals surface area contributed by atoms with E-state index in [0.29, 0.717) is 13.0 Å². The van der Waals surface area contributed by atoms with E-state index in [9.17, 15) is 9.90 Å². The molecular formula is C19H25N3O2. The number of nitrogens with one attached hydrogen (secondary N) is 2. The summed E-state index contributed by atoms with van der Waals surface area (Å²) in [5.41, 5.74) is 3.72. The Morgan fingerprint density at radius 2 is 1.88 bits per heavy atom. The number of aliphatic hydroxyl groups is 1. The summed E-state index contributed by atoms with van der Waals surface area (Å²) in [6, 6.07) is 15.0. The van der Waals surface area contributed by atoms with Gasteiger partial charge in [0, 0.05) is 32.0 Å². The van der Waals surface area contributed by atoms with Gasteiger partial charge >= 0.3 is 6.03 Å². The fourth-order valence-electron chi connectivity index (χ4n) is 2.40. The third-order valence-corrected chi connectivity index (χ3v) is 3.86. The van der Waals surface area contributed by atoms with Crippen LogP contribution < -0.4 is 15.5 Å². The molecule has 0 aliphatic carbocycles. The fraction of sp³-hybridized carbons (Fsp3) is 0.316. The molecule has 5 heteroatoms. The Labute approximate surface area is 143 Å². The lowest BCUT2D eigenvalue weighted by Gasteiger charge is -2.16. The summed E-state index contributed by atoms with van der Waals surface area (Å²) in [5.74, 6) is 0. The van der Waals surface area contributed by atoms with Crippen LogP contribution in [0.3, 0.4) is 0 Å². The number of carbonyl (C=O) groups excluding carboxylic acids is 1. The molecule has 0 saturated carbocycles. The Hall–Kier alpha value is -2.53. The Morgan fingerprint density at radius 3 is 2.50 bits per heavy atom. The molecule has 0 saturated heterocycles. The summed E-state index contributed by atoms with van der Waals surface area (Å²) < 4.78 is 0. The first kappa shape index (κ1) is 17.8. The van der Waals surface area contributed by atoms with Crippen LogP contribution in [0.5, 0.6) is 0 Å². The minimum Gasteiger partial charge on any atom is -0.388 e. The number of carbonyl (C=O) groups is 1. The number of nitrogens with zero attached hydrogens (tertiary/aromatic N) is 1. The van der Waals surface area contributed by atoms with Gasteiger partial charge in [-0.2, -0.15) is 0 Å². The number of rotatable bonds is 6. The third-order valence-electron chi connectivity index (χ3n) is 3.86. The highest BCUT2D eigenvalue weighted by Crippen LogP contribution is 2.21. The predicted molar refractivity (Wildman–Crippen MR) is 98.5 cm³/mol. The zero-order chi connectivity index (χ0) is 17.5. The lowest BCUT2D eigenvalue weighted by molar-refractivity contribution is 0.167. The highest BCUT2D eigenvalue weighted by molar-refractivity contribution is 5.90. The topological polar surface area (TPSA) is 64.6 Å². The number of aryl methyl sites for hydroxylation is 1. The average Bonchev–Trinajstić information content (AvgIpc) is 2.57. The summed E-state index contributed by atoms with van der Waals surface area (Å²) >= 11 is 0. The van der Waals surface area contributed by atoms with Crippen molar-refractivity contribution in [1.29, 1.82) is 0 Å². The molecular weight excluding hydrogens is 302 g/mol. The maximum Gasteiger partial charge on any atom is 0.319 e. The number of anilines is 2.